The van der Waals surface area contributed by atoms with E-state index in [0.717, 1.165) is 11.1 Å². The second kappa shape index (κ2) is 7.67. The summed E-state index contributed by atoms with van der Waals surface area (Å²) >= 11 is 0. The number of amides is 1. The fraction of sp³-hybridized carbons (Fsp3) is 0.250. The van der Waals surface area contributed by atoms with Gasteiger partial charge in [0.05, 0.1) is 6.10 Å². The molecule has 2 aromatic rings. The van der Waals surface area contributed by atoms with Crippen LogP contribution in [0.5, 0.6) is 0 Å². The number of aliphatic hydroxyl groups excluding tert-OH is 1. The maximum atomic E-state index is 12.3. The second-order valence-electron chi connectivity index (χ2n) is 5.67. The number of rotatable bonds is 2. The summed E-state index contributed by atoms with van der Waals surface area (Å²) in [5.74, 6) is 6.02. The third-order valence-electron chi connectivity index (χ3n) is 3.94. The van der Waals surface area contributed by atoms with Crippen LogP contribution in [0, 0.1) is 11.8 Å². The minimum absolute atomic E-state index is 0.213. The summed E-state index contributed by atoms with van der Waals surface area (Å²) in [4.78, 5) is 13.8. The molecule has 2 aromatic carbocycles. The minimum atomic E-state index is -0.648. The zero-order chi connectivity index (χ0) is 16.8. The van der Waals surface area contributed by atoms with E-state index in [-0.39, 0.29) is 6.61 Å². The molecule has 122 valence electrons. The molecule has 3 rings (SSSR count). The van der Waals surface area contributed by atoms with Crippen molar-refractivity contribution in [1.29, 1.82) is 0 Å². The van der Waals surface area contributed by atoms with Crippen LogP contribution in [0.15, 0.2) is 60.7 Å². The number of hydrogen-bond acceptors (Lipinski definition) is 3. The van der Waals surface area contributed by atoms with E-state index in [2.05, 4.69) is 11.8 Å². The van der Waals surface area contributed by atoms with E-state index in [1.807, 2.05) is 60.7 Å². The monoisotopic (exact) mass is 321 g/mol. The normalized spacial score (nSPS) is 19.5. The number of carbonyl (C=O) groups excluding carboxylic acids is 1. The summed E-state index contributed by atoms with van der Waals surface area (Å²) in [6, 6.07) is 18.5. The number of hydrogen-bond donors (Lipinski definition) is 1. The van der Waals surface area contributed by atoms with Gasteiger partial charge in [-0.15, -0.1) is 0 Å². The molecule has 1 amide bonds. The molecule has 24 heavy (non-hydrogen) atoms. The largest absolute Gasteiger partial charge is 0.445 e. The third kappa shape index (κ3) is 3.95. The van der Waals surface area contributed by atoms with E-state index in [0.29, 0.717) is 13.0 Å². The van der Waals surface area contributed by atoms with E-state index in [1.54, 1.807) is 0 Å². The van der Waals surface area contributed by atoms with Crippen LogP contribution in [0.4, 0.5) is 4.79 Å². The van der Waals surface area contributed by atoms with E-state index in [9.17, 15) is 9.90 Å². The molecule has 1 aliphatic rings. The molecule has 0 saturated carbocycles. The molecule has 0 bridgehead atoms. The van der Waals surface area contributed by atoms with Crippen molar-refractivity contribution < 1.29 is 14.6 Å². The number of nitrogens with zero attached hydrogens (tertiary/aromatic N) is 1. The quantitative estimate of drug-likeness (QED) is 0.865. The molecule has 1 N–H and O–H groups in total. The van der Waals surface area contributed by atoms with Crippen LogP contribution in [0.1, 0.15) is 17.5 Å². The lowest BCUT2D eigenvalue weighted by atomic mass is 10.1. The molecular weight excluding hydrogens is 302 g/mol. The molecule has 0 spiro atoms. The van der Waals surface area contributed by atoms with Gasteiger partial charge < -0.3 is 9.84 Å². The van der Waals surface area contributed by atoms with Crippen molar-refractivity contribution in [3.05, 3.63) is 71.8 Å². The van der Waals surface area contributed by atoms with E-state index < -0.39 is 18.2 Å². The average Bonchev–Trinajstić information content (AvgIpc) is 3.00. The van der Waals surface area contributed by atoms with Crippen LogP contribution in [-0.2, 0) is 11.3 Å². The number of benzene rings is 2. The predicted octanol–water partition coefficient (Wildman–Crippen LogP) is 2.81. The first kappa shape index (κ1) is 16.1. The van der Waals surface area contributed by atoms with Crippen molar-refractivity contribution in [1.82, 2.24) is 4.90 Å². The molecule has 1 aliphatic heterocycles. The summed E-state index contributed by atoms with van der Waals surface area (Å²) in [6.07, 6.45) is -0.581. The standard InChI is InChI=1S/C20H19NO3/c22-19-13-14-21(18(19)12-11-16-7-3-1-4-8-16)20(23)24-15-17-9-5-2-6-10-17/h1-10,18-19,22H,13-15H2/t18-,19+/m1/s1. The van der Waals surface area contributed by atoms with Crippen molar-refractivity contribution >= 4 is 6.09 Å². The molecule has 2 atom stereocenters. The summed E-state index contributed by atoms with van der Waals surface area (Å²) < 4.78 is 5.35. The van der Waals surface area contributed by atoms with E-state index in [1.165, 1.54) is 4.90 Å². The predicted molar refractivity (Wildman–Crippen MR) is 91.1 cm³/mol. The maximum Gasteiger partial charge on any atom is 0.411 e. The molecule has 4 nitrogen and oxygen atoms in total. The third-order valence-corrected chi connectivity index (χ3v) is 3.94. The van der Waals surface area contributed by atoms with Gasteiger partial charge in [0.1, 0.15) is 12.6 Å². The molecular formula is C20H19NO3. The van der Waals surface area contributed by atoms with Crippen LogP contribution in [0.2, 0.25) is 0 Å². The fourth-order valence-electron chi connectivity index (χ4n) is 2.64. The number of likely N-dealkylation sites (tertiary alicyclic amines) is 1. The van der Waals surface area contributed by atoms with Gasteiger partial charge in [0.2, 0.25) is 0 Å². The highest BCUT2D eigenvalue weighted by molar-refractivity contribution is 5.69. The Labute approximate surface area is 141 Å². The van der Waals surface area contributed by atoms with Crippen LogP contribution >= 0.6 is 0 Å². The molecule has 0 radical (unpaired) electrons. The Morgan fingerprint density at radius 1 is 1.12 bits per heavy atom. The Hall–Kier alpha value is -2.77. The van der Waals surface area contributed by atoms with Crippen LogP contribution < -0.4 is 0 Å². The van der Waals surface area contributed by atoms with Gasteiger partial charge in [0.15, 0.2) is 0 Å². The van der Waals surface area contributed by atoms with Crippen molar-refractivity contribution in [2.24, 2.45) is 0 Å². The van der Waals surface area contributed by atoms with E-state index in [4.69, 9.17) is 4.74 Å². The zero-order valence-electron chi connectivity index (χ0n) is 13.3. The molecule has 0 aliphatic carbocycles. The van der Waals surface area contributed by atoms with Crippen molar-refractivity contribution in [3.63, 3.8) is 0 Å². The van der Waals surface area contributed by atoms with Gasteiger partial charge in [-0.25, -0.2) is 4.79 Å². The number of ether oxygens (including phenoxy) is 1. The van der Waals surface area contributed by atoms with Crippen LogP contribution in [0.3, 0.4) is 0 Å². The van der Waals surface area contributed by atoms with Gasteiger partial charge in [0.25, 0.3) is 0 Å². The fourth-order valence-corrected chi connectivity index (χ4v) is 2.64. The van der Waals surface area contributed by atoms with Gasteiger partial charge in [-0.1, -0.05) is 60.4 Å². The topological polar surface area (TPSA) is 49.8 Å². The summed E-state index contributed by atoms with van der Waals surface area (Å²) in [7, 11) is 0. The van der Waals surface area contributed by atoms with Crippen molar-refractivity contribution in [3.8, 4) is 11.8 Å². The molecule has 0 aromatic heterocycles. The Balaban J connectivity index is 1.65. The summed E-state index contributed by atoms with van der Waals surface area (Å²) in [5.41, 5.74) is 1.78. The Morgan fingerprint density at radius 2 is 1.79 bits per heavy atom. The second-order valence-corrected chi connectivity index (χ2v) is 5.67. The lowest BCUT2D eigenvalue weighted by Crippen LogP contribution is -2.39. The molecule has 1 fully saturated rings. The minimum Gasteiger partial charge on any atom is -0.445 e. The number of aliphatic hydroxyl groups is 1. The lowest BCUT2D eigenvalue weighted by Gasteiger charge is -2.21. The zero-order valence-corrected chi connectivity index (χ0v) is 13.3. The van der Waals surface area contributed by atoms with Gasteiger partial charge in [0, 0.05) is 12.1 Å². The number of carbonyl (C=O) groups is 1. The lowest BCUT2D eigenvalue weighted by molar-refractivity contribution is 0.0853. The van der Waals surface area contributed by atoms with Gasteiger partial charge in [-0.3, -0.25) is 4.90 Å². The van der Waals surface area contributed by atoms with Gasteiger partial charge >= 0.3 is 6.09 Å². The van der Waals surface area contributed by atoms with E-state index >= 15 is 0 Å². The Kier molecular flexibility index (Phi) is 5.15. The maximum absolute atomic E-state index is 12.3. The smallest absolute Gasteiger partial charge is 0.411 e. The first-order valence-corrected chi connectivity index (χ1v) is 7.96. The highest BCUT2D eigenvalue weighted by Crippen LogP contribution is 2.19. The van der Waals surface area contributed by atoms with Gasteiger partial charge in [-0.05, 0) is 24.1 Å². The first-order valence-electron chi connectivity index (χ1n) is 7.96. The summed E-state index contributed by atoms with van der Waals surface area (Å²) in [6.45, 7) is 0.661. The molecule has 1 saturated heterocycles. The molecule has 1 heterocycles. The Bertz CT molecular complexity index is 734. The Morgan fingerprint density at radius 3 is 2.50 bits per heavy atom. The van der Waals surface area contributed by atoms with Crippen molar-refractivity contribution in [2.45, 2.75) is 25.2 Å². The van der Waals surface area contributed by atoms with Gasteiger partial charge in [-0.2, -0.15) is 0 Å². The highest BCUT2D eigenvalue weighted by atomic mass is 16.6. The van der Waals surface area contributed by atoms with Crippen LogP contribution in [0.25, 0.3) is 0 Å². The molecule has 0 unspecified atom stereocenters. The van der Waals surface area contributed by atoms with Crippen molar-refractivity contribution in [2.75, 3.05) is 6.54 Å². The highest BCUT2D eigenvalue weighted by Gasteiger charge is 2.35. The molecule has 4 heteroatoms. The average molecular weight is 321 g/mol. The van der Waals surface area contributed by atoms with Crippen LogP contribution in [-0.4, -0.2) is 34.8 Å². The SMILES string of the molecule is O=C(OCc1ccccc1)N1CC[C@H](O)[C@H]1C#Cc1ccccc1. The first-order chi connectivity index (χ1) is 11.7. The summed E-state index contributed by atoms with van der Waals surface area (Å²) in [5, 5.41) is 10.1.